The minimum absolute atomic E-state index is 0.356. The highest BCUT2D eigenvalue weighted by Gasteiger charge is 1.87. The Kier molecular flexibility index (Phi) is 9.44. The molecule has 66 valence electrons. The van der Waals surface area contributed by atoms with Crippen LogP contribution in [0.5, 0.6) is 0 Å². The number of aliphatic hydroxyl groups is 1. The van der Waals surface area contributed by atoms with Gasteiger partial charge in [0.1, 0.15) is 0 Å². The van der Waals surface area contributed by atoms with Gasteiger partial charge in [0.15, 0.2) is 0 Å². The van der Waals surface area contributed by atoms with Crippen molar-refractivity contribution in [2.75, 3.05) is 6.61 Å². The van der Waals surface area contributed by atoms with Gasteiger partial charge in [0.25, 0.3) is 0 Å². The molecule has 0 radical (unpaired) electrons. The fourth-order valence-corrected chi connectivity index (χ4v) is 1.07. The van der Waals surface area contributed by atoms with Gasteiger partial charge in [-0.15, -0.1) is 0 Å². The van der Waals surface area contributed by atoms with Gasteiger partial charge < -0.3 is 5.11 Å². The summed E-state index contributed by atoms with van der Waals surface area (Å²) in [7, 11) is 0. The van der Waals surface area contributed by atoms with Crippen molar-refractivity contribution < 1.29 is 5.11 Å². The van der Waals surface area contributed by atoms with E-state index in [-0.39, 0.29) is 0 Å². The van der Waals surface area contributed by atoms with Gasteiger partial charge in [-0.2, -0.15) is 0 Å². The zero-order valence-corrected chi connectivity index (χ0v) is 7.55. The van der Waals surface area contributed by atoms with Crippen molar-refractivity contribution in [2.24, 2.45) is 0 Å². The molecule has 1 N–H and O–H groups in total. The number of aliphatic hydroxyl groups excluding tert-OH is 1. The fourth-order valence-electron chi connectivity index (χ4n) is 1.07. The van der Waals surface area contributed by atoms with Crippen molar-refractivity contribution in [3.05, 3.63) is 12.2 Å². The van der Waals surface area contributed by atoms with Crippen LogP contribution in [0.2, 0.25) is 0 Å². The van der Waals surface area contributed by atoms with E-state index in [1.807, 2.05) is 0 Å². The van der Waals surface area contributed by atoms with Gasteiger partial charge in [0, 0.05) is 6.61 Å². The first kappa shape index (κ1) is 10.7. The Hall–Kier alpha value is -0.300. The van der Waals surface area contributed by atoms with Crippen molar-refractivity contribution >= 4 is 0 Å². The maximum absolute atomic E-state index is 8.50. The lowest BCUT2D eigenvalue weighted by molar-refractivity contribution is 0.282. The Labute approximate surface area is 70.1 Å². The van der Waals surface area contributed by atoms with E-state index in [4.69, 9.17) is 5.11 Å². The van der Waals surface area contributed by atoms with E-state index in [0.717, 1.165) is 6.42 Å². The molecule has 0 aromatic carbocycles. The molecule has 0 bridgehead atoms. The molecule has 0 saturated heterocycles. The molecule has 0 amide bonds. The maximum atomic E-state index is 8.50. The minimum atomic E-state index is 0.356. The first-order valence-electron chi connectivity index (χ1n) is 4.64. The van der Waals surface area contributed by atoms with Gasteiger partial charge in [-0.3, -0.25) is 0 Å². The van der Waals surface area contributed by atoms with Crippen LogP contribution < -0.4 is 0 Å². The van der Waals surface area contributed by atoms with Crippen LogP contribution in [0.25, 0.3) is 0 Å². The zero-order valence-electron chi connectivity index (χ0n) is 7.55. The van der Waals surface area contributed by atoms with Gasteiger partial charge >= 0.3 is 0 Å². The highest BCUT2D eigenvalue weighted by Crippen LogP contribution is 2.04. The quantitative estimate of drug-likeness (QED) is 0.444. The van der Waals surface area contributed by atoms with Gasteiger partial charge in [0.05, 0.1) is 0 Å². The van der Waals surface area contributed by atoms with E-state index >= 15 is 0 Å². The summed E-state index contributed by atoms with van der Waals surface area (Å²) in [6, 6.07) is 0. The van der Waals surface area contributed by atoms with Crippen molar-refractivity contribution in [3.8, 4) is 0 Å². The summed E-state index contributed by atoms with van der Waals surface area (Å²) in [5, 5.41) is 8.50. The number of rotatable bonds is 7. The van der Waals surface area contributed by atoms with E-state index in [1.165, 1.54) is 32.1 Å². The lowest BCUT2D eigenvalue weighted by Crippen LogP contribution is -1.82. The zero-order chi connectivity index (χ0) is 8.36. The van der Waals surface area contributed by atoms with E-state index in [0.29, 0.717) is 6.61 Å². The molecule has 0 fully saturated rings. The molecule has 0 saturated carbocycles. The third-order valence-electron chi connectivity index (χ3n) is 1.76. The van der Waals surface area contributed by atoms with Crippen LogP contribution in [0.1, 0.15) is 45.4 Å². The van der Waals surface area contributed by atoms with Crippen LogP contribution in [0.15, 0.2) is 12.2 Å². The highest BCUT2D eigenvalue weighted by atomic mass is 16.2. The molecule has 0 aromatic rings. The van der Waals surface area contributed by atoms with Crippen LogP contribution in [0, 0.1) is 0 Å². The molecule has 0 spiro atoms. The summed E-state index contributed by atoms with van der Waals surface area (Å²) in [5.74, 6) is 0. The highest BCUT2D eigenvalue weighted by molar-refractivity contribution is 4.76. The lowest BCUT2D eigenvalue weighted by Gasteiger charge is -1.96. The summed E-state index contributed by atoms with van der Waals surface area (Å²) in [4.78, 5) is 0. The Morgan fingerprint density at radius 3 is 2.27 bits per heavy atom. The Morgan fingerprint density at radius 2 is 1.64 bits per heavy atom. The number of unbranched alkanes of at least 4 members (excludes halogenated alkanes) is 5. The van der Waals surface area contributed by atoms with Crippen LogP contribution in [0.4, 0.5) is 0 Å². The van der Waals surface area contributed by atoms with Gasteiger partial charge in [-0.05, 0) is 26.2 Å². The van der Waals surface area contributed by atoms with E-state index in [1.54, 1.807) is 0 Å². The minimum Gasteiger partial charge on any atom is -0.396 e. The molecule has 1 heteroatoms. The van der Waals surface area contributed by atoms with E-state index < -0.39 is 0 Å². The molecule has 0 atom stereocenters. The maximum Gasteiger partial charge on any atom is 0.0431 e. The van der Waals surface area contributed by atoms with Crippen LogP contribution >= 0.6 is 0 Å². The van der Waals surface area contributed by atoms with Crippen molar-refractivity contribution in [1.82, 2.24) is 0 Å². The summed E-state index contributed by atoms with van der Waals surface area (Å²) in [6.07, 6.45) is 11.6. The number of hydrogen-bond donors (Lipinski definition) is 1. The standard InChI is InChI=1S/C10H20O/c1-2-3-4-5-6-7-8-9-10-11/h2-3,11H,4-10H2,1H3/b3-2+. The summed E-state index contributed by atoms with van der Waals surface area (Å²) in [5.41, 5.74) is 0. The number of allylic oxidation sites excluding steroid dienone is 2. The van der Waals surface area contributed by atoms with E-state index in [9.17, 15) is 0 Å². The topological polar surface area (TPSA) is 20.2 Å². The summed E-state index contributed by atoms with van der Waals surface area (Å²) >= 11 is 0. The predicted molar refractivity (Wildman–Crippen MR) is 49.6 cm³/mol. The third-order valence-corrected chi connectivity index (χ3v) is 1.76. The molecule has 11 heavy (non-hydrogen) atoms. The van der Waals surface area contributed by atoms with Crippen LogP contribution in [-0.4, -0.2) is 11.7 Å². The smallest absolute Gasteiger partial charge is 0.0431 e. The third kappa shape index (κ3) is 9.70. The second-order valence-electron chi connectivity index (χ2n) is 2.85. The van der Waals surface area contributed by atoms with Crippen molar-refractivity contribution in [3.63, 3.8) is 0 Å². The normalized spacial score (nSPS) is 11.1. The average Bonchev–Trinajstić information content (AvgIpc) is 2.03. The first-order chi connectivity index (χ1) is 5.41. The molecular formula is C10H20O. The second-order valence-corrected chi connectivity index (χ2v) is 2.85. The first-order valence-corrected chi connectivity index (χ1v) is 4.64. The SMILES string of the molecule is C/C=C/CCCCCCCO. The van der Waals surface area contributed by atoms with Gasteiger partial charge in [0.2, 0.25) is 0 Å². The molecular weight excluding hydrogens is 136 g/mol. The summed E-state index contributed by atoms with van der Waals surface area (Å²) < 4.78 is 0. The molecule has 0 aliphatic heterocycles. The molecule has 0 rings (SSSR count). The molecule has 0 aliphatic rings. The molecule has 0 unspecified atom stereocenters. The average molecular weight is 156 g/mol. The van der Waals surface area contributed by atoms with Gasteiger partial charge in [-0.25, -0.2) is 0 Å². The second kappa shape index (κ2) is 9.70. The molecule has 0 aromatic heterocycles. The fraction of sp³-hybridized carbons (Fsp3) is 0.800. The number of hydrogen-bond acceptors (Lipinski definition) is 1. The Balaban J connectivity index is 2.79. The van der Waals surface area contributed by atoms with Gasteiger partial charge in [-0.1, -0.05) is 31.4 Å². The monoisotopic (exact) mass is 156 g/mol. The molecule has 0 heterocycles. The van der Waals surface area contributed by atoms with Crippen molar-refractivity contribution in [1.29, 1.82) is 0 Å². The van der Waals surface area contributed by atoms with Crippen LogP contribution in [-0.2, 0) is 0 Å². The van der Waals surface area contributed by atoms with E-state index in [2.05, 4.69) is 19.1 Å². The lowest BCUT2D eigenvalue weighted by atomic mass is 10.1. The predicted octanol–water partition coefficient (Wildman–Crippen LogP) is 2.90. The largest absolute Gasteiger partial charge is 0.396 e. The van der Waals surface area contributed by atoms with Crippen LogP contribution in [0.3, 0.4) is 0 Å². The molecule has 1 nitrogen and oxygen atoms in total. The Morgan fingerprint density at radius 1 is 1.00 bits per heavy atom. The Bertz CT molecular complexity index is 86.9. The molecule has 0 aliphatic carbocycles. The summed E-state index contributed by atoms with van der Waals surface area (Å²) in [6.45, 7) is 2.42. The van der Waals surface area contributed by atoms with Crippen molar-refractivity contribution in [2.45, 2.75) is 45.4 Å².